The number of ether oxygens (including phenoxy) is 2. The quantitative estimate of drug-likeness (QED) is 0.316. The molecule has 3 heterocycles. The molecule has 3 aromatic rings. The van der Waals surface area contributed by atoms with E-state index in [2.05, 4.69) is 31.7 Å². The van der Waals surface area contributed by atoms with Crippen molar-refractivity contribution in [2.75, 3.05) is 31.7 Å². The topological polar surface area (TPSA) is 111 Å². The van der Waals surface area contributed by atoms with Crippen molar-refractivity contribution in [3.63, 3.8) is 0 Å². The number of allylic oxidation sites excluding steroid dienone is 1. The molecule has 11 heteroatoms. The third kappa shape index (κ3) is 5.79. The van der Waals surface area contributed by atoms with E-state index in [0.717, 1.165) is 42.8 Å². The molecule has 1 N–H and O–H groups in total. The van der Waals surface area contributed by atoms with E-state index in [1.807, 2.05) is 31.2 Å². The molecule has 1 saturated carbocycles. The van der Waals surface area contributed by atoms with Crippen LogP contribution in [-0.4, -0.2) is 56.3 Å². The summed E-state index contributed by atoms with van der Waals surface area (Å²) in [5, 5.41) is -0.0897. The lowest BCUT2D eigenvalue weighted by Crippen LogP contribution is -2.52. The molecule has 0 radical (unpaired) electrons. The first-order valence-corrected chi connectivity index (χ1v) is 18.8. The summed E-state index contributed by atoms with van der Waals surface area (Å²) in [5.41, 5.74) is 2.37. The highest BCUT2D eigenvalue weighted by atomic mass is 35.5. The molecule has 1 fully saturated rings. The van der Waals surface area contributed by atoms with Crippen LogP contribution in [0, 0.1) is 17.8 Å². The Morgan fingerprint density at radius 2 is 1.92 bits per heavy atom. The highest BCUT2D eigenvalue weighted by Crippen LogP contribution is 2.51. The third-order valence-corrected chi connectivity index (χ3v) is 13.5. The van der Waals surface area contributed by atoms with Crippen LogP contribution >= 0.6 is 11.6 Å². The number of benzene rings is 2. The maximum absolute atomic E-state index is 13.5. The molecule has 2 aliphatic heterocycles. The molecule has 9 nitrogen and oxygen atoms in total. The molecule has 1 aromatic heterocycles. The van der Waals surface area contributed by atoms with Crippen LogP contribution < -0.4 is 14.4 Å². The van der Waals surface area contributed by atoms with Gasteiger partial charge in [-0.25, -0.2) is 23.1 Å². The summed E-state index contributed by atoms with van der Waals surface area (Å²) in [4.78, 5) is 25.3. The molecule has 7 rings (SSSR count). The minimum Gasteiger partial charge on any atom is -0.490 e. The minimum absolute atomic E-state index is 0.0676. The Morgan fingerprint density at radius 1 is 1.10 bits per heavy atom. The summed E-state index contributed by atoms with van der Waals surface area (Å²) in [6.45, 7) is 5.37. The third-order valence-electron chi connectivity index (χ3n) is 11.4. The van der Waals surface area contributed by atoms with Crippen LogP contribution in [-0.2, 0) is 32.2 Å². The lowest BCUT2D eigenvalue weighted by Gasteiger charge is -2.49. The average Bonchev–Trinajstić information content (AvgIpc) is 3.22. The smallest absolute Gasteiger partial charge is 0.264 e. The Balaban J connectivity index is 1.36. The van der Waals surface area contributed by atoms with Crippen molar-refractivity contribution in [3.05, 3.63) is 94.5 Å². The predicted molar refractivity (Wildman–Crippen MR) is 186 cm³/mol. The van der Waals surface area contributed by atoms with Gasteiger partial charge >= 0.3 is 0 Å². The first-order chi connectivity index (χ1) is 23.0. The number of anilines is 1. The Kier molecular flexibility index (Phi) is 8.79. The van der Waals surface area contributed by atoms with Crippen molar-refractivity contribution in [3.8, 4) is 5.75 Å². The lowest BCUT2D eigenvalue weighted by molar-refractivity contribution is -0.0860. The van der Waals surface area contributed by atoms with Gasteiger partial charge in [0, 0.05) is 54.5 Å². The summed E-state index contributed by atoms with van der Waals surface area (Å²) in [7, 11) is -2.27. The number of fused-ring (bicyclic) bond motifs is 4. The van der Waals surface area contributed by atoms with Crippen molar-refractivity contribution in [1.29, 1.82) is 0 Å². The van der Waals surface area contributed by atoms with Gasteiger partial charge in [-0.15, -0.1) is 0 Å². The molecule has 6 atom stereocenters. The number of aryl methyl sites for hydroxylation is 1. The first-order valence-electron chi connectivity index (χ1n) is 16.9. The molecule has 0 unspecified atom stereocenters. The monoisotopic (exact) mass is 690 g/mol. The molecule has 48 heavy (non-hydrogen) atoms. The average molecular weight is 691 g/mol. The van der Waals surface area contributed by atoms with Crippen LogP contribution in [0.25, 0.3) is 0 Å². The molecule has 1 amide bonds. The van der Waals surface area contributed by atoms with E-state index in [4.69, 9.17) is 21.1 Å². The number of halogens is 1. The molecule has 2 aromatic carbocycles. The molecule has 4 aliphatic rings. The molecule has 2 aliphatic carbocycles. The van der Waals surface area contributed by atoms with Gasteiger partial charge in [0.05, 0.1) is 17.5 Å². The first kappa shape index (κ1) is 33.0. The Morgan fingerprint density at radius 3 is 2.67 bits per heavy atom. The fraction of sp³-hybridized carbons (Fsp3) is 0.486. The second-order valence-electron chi connectivity index (χ2n) is 14.1. The molecule has 0 saturated heterocycles. The second-order valence-corrected chi connectivity index (χ2v) is 16.6. The van der Waals surface area contributed by atoms with Crippen molar-refractivity contribution in [1.82, 2.24) is 14.7 Å². The van der Waals surface area contributed by atoms with Crippen molar-refractivity contribution in [2.24, 2.45) is 17.8 Å². The molecule has 2 bridgehead atoms. The van der Waals surface area contributed by atoms with Crippen LogP contribution in [0.5, 0.6) is 5.75 Å². The SMILES string of the molecule is CO[C@]1(c2ncccn2)/C=C/C[C@H](C)[C@@H](C)S(=O)(=O)NC(=O)c2ccc3c(c2)N(C[C@@H]2CC[C@H]21)C[C@@]1(CCCc2cc(Cl)ccc21)CO3. The van der Waals surface area contributed by atoms with E-state index in [1.54, 1.807) is 44.6 Å². The van der Waals surface area contributed by atoms with Gasteiger partial charge in [0.25, 0.3) is 5.91 Å². The number of hydrogen-bond acceptors (Lipinski definition) is 8. The van der Waals surface area contributed by atoms with Gasteiger partial charge in [0.2, 0.25) is 10.0 Å². The minimum atomic E-state index is -3.98. The van der Waals surface area contributed by atoms with E-state index in [1.165, 1.54) is 11.1 Å². The van der Waals surface area contributed by atoms with E-state index < -0.39 is 26.8 Å². The van der Waals surface area contributed by atoms with Crippen LogP contribution in [0.4, 0.5) is 5.69 Å². The standard InChI is InChI=1S/C37H43ClN4O5S/c1-24-7-4-16-37(46-3,35-39-17-6-18-40-35)31-12-9-28(31)21-42-22-36(15-5-8-26-19-29(38)11-13-30(26)36)23-47-33-14-10-27(20-32(33)42)34(43)41-48(44,45)25(24)2/h4,6,10-11,13-14,16-20,24-25,28,31H,5,7-9,12,15,21-23H2,1-3H3,(H,41,43)/b16-4+/t24-,25+,28-,31+,36-,37+/m0/s1. The number of nitrogens with one attached hydrogen (secondary N) is 1. The number of carbonyl (C=O) groups is 1. The number of nitrogens with zero attached hydrogens (tertiary/aromatic N) is 3. The number of methoxy groups -OCH3 is 1. The zero-order valence-corrected chi connectivity index (χ0v) is 29.3. The zero-order valence-electron chi connectivity index (χ0n) is 27.7. The van der Waals surface area contributed by atoms with E-state index in [0.29, 0.717) is 37.7 Å². The van der Waals surface area contributed by atoms with E-state index >= 15 is 0 Å². The number of carbonyl (C=O) groups excluding carboxylic acids is 1. The Bertz CT molecular complexity index is 1840. The van der Waals surface area contributed by atoms with Crippen LogP contribution in [0.15, 0.2) is 67.0 Å². The van der Waals surface area contributed by atoms with Gasteiger partial charge in [0.1, 0.15) is 11.4 Å². The van der Waals surface area contributed by atoms with E-state index in [-0.39, 0.29) is 28.7 Å². The Hall–Kier alpha value is -3.47. The van der Waals surface area contributed by atoms with Gasteiger partial charge in [-0.05, 0) is 111 Å². The lowest BCUT2D eigenvalue weighted by atomic mass is 9.63. The fourth-order valence-electron chi connectivity index (χ4n) is 8.30. The number of sulfonamides is 1. The van der Waals surface area contributed by atoms with Crippen molar-refractivity contribution >= 4 is 33.2 Å². The highest BCUT2D eigenvalue weighted by Gasteiger charge is 2.51. The maximum atomic E-state index is 13.5. The fourth-order valence-corrected chi connectivity index (χ4v) is 9.78. The predicted octanol–water partition coefficient (Wildman–Crippen LogP) is 6.22. The van der Waals surface area contributed by atoms with Crippen molar-refractivity contribution in [2.45, 2.75) is 68.6 Å². The number of rotatable bonds is 2. The van der Waals surface area contributed by atoms with Crippen LogP contribution in [0.3, 0.4) is 0 Å². The highest BCUT2D eigenvalue weighted by molar-refractivity contribution is 7.90. The molecular formula is C37H43ClN4O5S. The van der Waals surface area contributed by atoms with Gasteiger partial charge in [-0.2, -0.15) is 0 Å². The zero-order chi connectivity index (χ0) is 33.7. The van der Waals surface area contributed by atoms with Gasteiger partial charge in [-0.3, -0.25) is 4.79 Å². The maximum Gasteiger partial charge on any atom is 0.264 e. The van der Waals surface area contributed by atoms with Crippen molar-refractivity contribution < 1.29 is 22.7 Å². The van der Waals surface area contributed by atoms with Crippen LogP contribution in [0.1, 0.15) is 73.3 Å². The second kappa shape index (κ2) is 12.8. The number of aromatic nitrogens is 2. The van der Waals surface area contributed by atoms with Gasteiger partial charge < -0.3 is 14.4 Å². The molecular weight excluding hydrogens is 648 g/mol. The van der Waals surface area contributed by atoms with Gasteiger partial charge in [0.15, 0.2) is 5.82 Å². The Labute approximate surface area is 288 Å². The normalized spacial score (nSPS) is 32.1. The van der Waals surface area contributed by atoms with Gasteiger partial charge in [-0.1, -0.05) is 30.7 Å². The van der Waals surface area contributed by atoms with Crippen LogP contribution in [0.2, 0.25) is 5.02 Å². The summed E-state index contributed by atoms with van der Waals surface area (Å²) in [6, 6.07) is 13.3. The summed E-state index contributed by atoms with van der Waals surface area (Å²) < 4.78 is 42.4. The van der Waals surface area contributed by atoms with E-state index in [9.17, 15) is 13.2 Å². The number of hydrogen-bond donors (Lipinski definition) is 1. The summed E-state index contributed by atoms with van der Waals surface area (Å²) >= 11 is 6.46. The number of amides is 1. The molecule has 1 spiro atoms. The largest absolute Gasteiger partial charge is 0.490 e. The molecule has 254 valence electrons. The summed E-state index contributed by atoms with van der Waals surface area (Å²) in [5.74, 6) is 0.641. The summed E-state index contributed by atoms with van der Waals surface area (Å²) in [6.07, 6.45) is 12.8.